The molecule has 8 nitrogen and oxygen atoms in total. The summed E-state index contributed by atoms with van der Waals surface area (Å²) < 4.78 is 13.0. The molecule has 8 heteroatoms. The number of urea groups is 1. The molecule has 182 valence electrons. The Morgan fingerprint density at radius 2 is 1.83 bits per heavy atom. The number of amides is 2. The first-order valence-electron chi connectivity index (χ1n) is 11.7. The van der Waals surface area contributed by atoms with Crippen molar-refractivity contribution in [3.05, 3.63) is 77.6 Å². The van der Waals surface area contributed by atoms with Crippen LogP contribution in [0.15, 0.2) is 72.1 Å². The van der Waals surface area contributed by atoms with Gasteiger partial charge in [-0.25, -0.2) is 14.3 Å². The van der Waals surface area contributed by atoms with Crippen molar-refractivity contribution in [3.8, 4) is 22.7 Å². The number of aromatic nitrogens is 2. The van der Waals surface area contributed by atoms with E-state index < -0.39 is 18.0 Å². The smallest absolute Gasteiger partial charge is 0.338 e. The Morgan fingerprint density at radius 3 is 2.49 bits per heavy atom. The molecule has 0 unspecified atom stereocenters. The monoisotopic (exact) mass is 474 g/mol. The molecular weight excluding hydrogens is 444 g/mol. The molecule has 35 heavy (non-hydrogen) atoms. The van der Waals surface area contributed by atoms with Crippen LogP contribution in [0, 0.1) is 0 Å². The van der Waals surface area contributed by atoms with E-state index in [9.17, 15) is 9.59 Å². The molecule has 1 aliphatic rings. The number of esters is 1. The summed E-state index contributed by atoms with van der Waals surface area (Å²) in [5, 5.41) is 10.4. The second-order valence-electron chi connectivity index (χ2n) is 8.61. The number of ether oxygens (including phenoxy) is 2. The minimum atomic E-state index is -0.738. The van der Waals surface area contributed by atoms with Gasteiger partial charge in [-0.05, 0) is 63.6 Å². The number of hydrogen-bond donors (Lipinski definition) is 2. The lowest BCUT2D eigenvalue weighted by Crippen LogP contribution is -2.45. The molecule has 1 aromatic heterocycles. The summed E-state index contributed by atoms with van der Waals surface area (Å²) in [4.78, 5) is 25.5. The molecule has 2 heterocycles. The average molecular weight is 475 g/mol. The third-order valence-electron chi connectivity index (χ3n) is 5.51. The van der Waals surface area contributed by atoms with Crippen LogP contribution in [0.1, 0.15) is 45.7 Å². The van der Waals surface area contributed by atoms with Gasteiger partial charge in [-0.3, -0.25) is 0 Å². The van der Waals surface area contributed by atoms with Crippen molar-refractivity contribution in [2.45, 2.75) is 46.3 Å². The van der Waals surface area contributed by atoms with E-state index in [0.717, 1.165) is 23.4 Å². The number of nitrogens with one attached hydrogen (secondary N) is 2. The topological polar surface area (TPSA) is 94.5 Å². The molecule has 2 aromatic carbocycles. The molecule has 0 bridgehead atoms. The maximum absolute atomic E-state index is 13.1. The Labute approximate surface area is 204 Å². The summed E-state index contributed by atoms with van der Waals surface area (Å²) in [6.45, 7) is 7.97. The SMILES string of the molecule is CCCOc1ccc(-c2nn(-c3ccccc3)cc2[C@H]2NC(=O)NC(C)=C2C(=O)OC(C)C)cc1. The van der Waals surface area contributed by atoms with E-state index in [1.54, 1.807) is 25.5 Å². The van der Waals surface area contributed by atoms with E-state index in [0.29, 0.717) is 29.1 Å². The second kappa shape index (κ2) is 10.5. The zero-order valence-corrected chi connectivity index (χ0v) is 20.4. The van der Waals surface area contributed by atoms with E-state index in [4.69, 9.17) is 14.6 Å². The van der Waals surface area contributed by atoms with Crippen molar-refractivity contribution in [2.24, 2.45) is 0 Å². The average Bonchev–Trinajstić information content (AvgIpc) is 3.28. The van der Waals surface area contributed by atoms with E-state index >= 15 is 0 Å². The highest BCUT2D eigenvalue weighted by Gasteiger charge is 2.35. The van der Waals surface area contributed by atoms with Crippen molar-refractivity contribution in [3.63, 3.8) is 0 Å². The van der Waals surface area contributed by atoms with E-state index in [2.05, 4.69) is 17.6 Å². The molecule has 0 spiro atoms. The molecule has 2 N–H and O–H groups in total. The van der Waals surface area contributed by atoms with Crippen LogP contribution >= 0.6 is 0 Å². The number of hydrogen-bond acceptors (Lipinski definition) is 5. The van der Waals surface area contributed by atoms with Gasteiger partial charge in [0.15, 0.2) is 0 Å². The standard InChI is InChI=1S/C27H30N4O4/c1-5-15-34-21-13-11-19(12-14-21)24-22(16-31(30-24)20-9-7-6-8-10-20)25-23(26(32)35-17(2)3)18(4)28-27(33)29-25/h6-14,16-17,25H,5,15H2,1-4H3,(H2,28,29,33)/t25-/m1/s1. The van der Waals surface area contributed by atoms with Gasteiger partial charge in [-0.15, -0.1) is 0 Å². The number of benzene rings is 2. The van der Waals surface area contributed by atoms with Gasteiger partial charge in [0, 0.05) is 23.0 Å². The van der Waals surface area contributed by atoms with E-state index in [1.807, 2.05) is 60.8 Å². The predicted octanol–water partition coefficient (Wildman–Crippen LogP) is 4.91. The lowest BCUT2D eigenvalue weighted by molar-refractivity contribution is -0.143. The lowest BCUT2D eigenvalue weighted by Gasteiger charge is -2.28. The van der Waals surface area contributed by atoms with Crippen molar-refractivity contribution < 1.29 is 19.1 Å². The number of carbonyl (C=O) groups is 2. The Kier molecular flexibility index (Phi) is 7.19. The summed E-state index contributed by atoms with van der Waals surface area (Å²) >= 11 is 0. The summed E-state index contributed by atoms with van der Waals surface area (Å²) in [5.74, 6) is 0.281. The lowest BCUT2D eigenvalue weighted by atomic mass is 9.93. The van der Waals surface area contributed by atoms with Gasteiger partial charge in [-0.1, -0.05) is 25.1 Å². The van der Waals surface area contributed by atoms with Crippen molar-refractivity contribution in [1.82, 2.24) is 20.4 Å². The summed E-state index contributed by atoms with van der Waals surface area (Å²) in [5.41, 5.74) is 3.81. The Balaban J connectivity index is 1.83. The molecule has 0 radical (unpaired) electrons. The number of carbonyl (C=O) groups excluding carboxylic acids is 2. The minimum absolute atomic E-state index is 0.303. The van der Waals surface area contributed by atoms with Crippen LogP contribution in [0.3, 0.4) is 0 Å². The van der Waals surface area contributed by atoms with Gasteiger partial charge >= 0.3 is 12.0 Å². The third kappa shape index (κ3) is 5.37. The third-order valence-corrected chi connectivity index (χ3v) is 5.51. The molecular formula is C27H30N4O4. The molecule has 0 aliphatic carbocycles. The molecule has 1 aliphatic heterocycles. The quantitative estimate of drug-likeness (QED) is 0.453. The highest BCUT2D eigenvalue weighted by Crippen LogP contribution is 2.35. The van der Waals surface area contributed by atoms with Crippen molar-refractivity contribution >= 4 is 12.0 Å². The summed E-state index contributed by atoms with van der Waals surface area (Å²) in [7, 11) is 0. The minimum Gasteiger partial charge on any atom is -0.494 e. The molecule has 4 rings (SSSR count). The van der Waals surface area contributed by atoms with E-state index in [-0.39, 0.29) is 6.10 Å². The normalized spacial score (nSPS) is 15.6. The van der Waals surface area contributed by atoms with Crippen LogP contribution < -0.4 is 15.4 Å². The van der Waals surface area contributed by atoms with Crippen molar-refractivity contribution in [2.75, 3.05) is 6.61 Å². The van der Waals surface area contributed by atoms with Crippen LogP contribution in [0.5, 0.6) is 5.75 Å². The van der Waals surface area contributed by atoms with Crippen molar-refractivity contribution in [1.29, 1.82) is 0 Å². The van der Waals surface area contributed by atoms with Crippen LogP contribution in [-0.2, 0) is 9.53 Å². The largest absolute Gasteiger partial charge is 0.494 e. The fourth-order valence-electron chi connectivity index (χ4n) is 3.94. The highest BCUT2D eigenvalue weighted by molar-refractivity contribution is 5.95. The zero-order chi connectivity index (χ0) is 24.9. The van der Waals surface area contributed by atoms with Gasteiger partial charge < -0.3 is 20.1 Å². The zero-order valence-electron chi connectivity index (χ0n) is 20.4. The van der Waals surface area contributed by atoms with Gasteiger partial charge in [0.05, 0.1) is 35.7 Å². The molecule has 2 amide bonds. The van der Waals surface area contributed by atoms with Crippen LogP contribution in [0.25, 0.3) is 16.9 Å². The second-order valence-corrected chi connectivity index (χ2v) is 8.61. The first-order valence-corrected chi connectivity index (χ1v) is 11.7. The highest BCUT2D eigenvalue weighted by atomic mass is 16.5. The van der Waals surface area contributed by atoms with Crippen LogP contribution in [0.4, 0.5) is 4.79 Å². The fourth-order valence-corrected chi connectivity index (χ4v) is 3.94. The molecule has 0 saturated heterocycles. The number of nitrogens with zero attached hydrogens (tertiary/aromatic N) is 2. The first kappa shape index (κ1) is 24.1. The summed E-state index contributed by atoms with van der Waals surface area (Å²) in [6.07, 6.45) is 2.46. The molecule has 0 fully saturated rings. The van der Waals surface area contributed by atoms with Gasteiger partial charge in [0.1, 0.15) is 5.75 Å². The Hall–Kier alpha value is -4.07. The van der Waals surface area contributed by atoms with Gasteiger partial charge in [0.2, 0.25) is 0 Å². The predicted molar refractivity (Wildman–Crippen MR) is 133 cm³/mol. The maximum atomic E-state index is 13.1. The Morgan fingerprint density at radius 1 is 1.11 bits per heavy atom. The maximum Gasteiger partial charge on any atom is 0.338 e. The fraction of sp³-hybridized carbons (Fsp3) is 0.296. The molecule has 0 saturated carbocycles. The van der Waals surface area contributed by atoms with Gasteiger partial charge in [-0.2, -0.15) is 5.10 Å². The number of para-hydroxylation sites is 1. The van der Waals surface area contributed by atoms with E-state index in [1.165, 1.54) is 0 Å². The molecule has 1 atom stereocenters. The first-order chi connectivity index (χ1) is 16.9. The summed E-state index contributed by atoms with van der Waals surface area (Å²) in [6, 6.07) is 16.2. The Bertz CT molecular complexity index is 1230. The van der Waals surface area contributed by atoms with Crippen LogP contribution in [0.2, 0.25) is 0 Å². The van der Waals surface area contributed by atoms with Gasteiger partial charge in [0.25, 0.3) is 0 Å². The number of rotatable bonds is 8. The van der Waals surface area contributed by atoms with Crippen LogP contribution in [-0.4, -0.2) is 34.5 Å². The number of allylic oxidation sites excluding steroid dienone is 1. The molecule has 3 aromatic rings.